The highest BCUT2D eigenvalue weighted by molar-refractivity contribution is 7.20. The van der Waals surface area contributed by atoms with E-state index in [9.17, 15) is 9.90 Å². The summed E-state index contributed by atoms with van der Waals surface area (Å²) in [5, 5.41) is 15.7. The van der Waals surface area contributed by atoms with Gasteiger partial charge in [0.2, 0.25) is 0 Å². The van der Waals surface area contributed by atoms with Crippen molar-refractivity contribution in [1.82, 2.24) is 5.16 Å². The molecule has 6 nitrogen and oxygen atoms in total. The highest BCUT2D eigenvalue weighted by atomic mass is 35.5. The van der Waals surface area contributed by atoms with Gasteiger partial charge >= 0.3 is 5.97 Å². The minimum atomic E-state index is -0.881. The van der Waals surface area contributed by atoms with E-state index in [1.165, 1.54) is 11.3 Å². The maximum atomic E-state index is 11.3. The highest BCUT2D eigenvalue weighted by Crippen LogP contribution is 2.46. The number of thiophene rings is 1. The topological polar surface area (TPSA) is 75.8 Å². The number of carboxylic acids is 1. The van der Waals surface area contributed by atoms with Gasteiger partial charge in [0.1, 0.15) is 16.3 Å². The monoisotopic (exact) mass is 542 g/mol. The Bertz CT molecular complexity index is 1420. The molecular weight excluding hydrogens is 519 g/mol. The Balaban J connectivity index is 1.14. The summed E-state index contributed by atoms with van der Waals surface area (Å²) in [7, 11) is 0. The molecule has 6 rings (SSSR count). The quantitative estimate of drug-likeness (QED) is 0.258. The van der Waals surface area contributed by atoms with Crippen LogP contribution >= 0.6 is 34.5 Å². The van der Waals surface area contributed by atoms with Gasteiger partial charge in [0.05, 0.1) is 22.8 Å². The SMILES string of the molecule is O=C(O)c1cc2cc(N3CCC(OCc4c(-c5c(Cl)cccc5Cl)noc4C4CC4)CC3)ccc2s1. The molecule has 1 saturated heterocycles. The Morgan fingerprint density at radius 2 is 1.86 bits per heavy atom. The molecule has 0 spiro atoms. The van der Waals surface area contributed by atoms with E-state index in [2.05, 4.69) is 22.2 Å². The fraction of sp³-hybridized carbons (Fsp3) is 0.333. The average Bonchev–Trinajstić information content (AvgIpc) is 3.48. The molecule has 0 bridgehead atoms. The van der Waals surface area contributed by atoms with Crippen LogP contribution in [0.2, 0.25) is 10.0 Å². The van der Waals surface area contributed by atoms with Crippen molar-refractivity contribution in [3.8, 4) is 11.3 Å². The van der Waals surface area contributed by atoms with Crippen LogP contribution in [-0.2, 0) is 11.3 Å². The molecule has 1 N–H and O–H groups in total. The first-order chi connectivity index (χ1) is 17.5. The minimum absolute atomic E-state index is 0.126. The number of fused-ring (bicyclic) bond motifs is 1. The van der Waals surface area contributed by atoms with E-state index in [1.54, 1.807) is 6.07 Å². The van der Waals surface area contributed by atoms with E-state index in [4.69, 9.17) is 32.5 Å². The van der Waals surface area contributed by atoms with Crippen LogP contribution in [0.25, 0.3) is 21.3 Å². The minimum Gasteiger partial charge on any atom is -0.477 e. The predicted octanol–water partition coefficient (Wildman–Crippen LogP) is 7.62. The van der Waals surface area contributed by atoms with Crippen LogP contribution in [0.5, 0.6) is 0 Å². The van der Waals surface area contributed by atoms with E-state index in [0.29, 0.717) is 38.7 Å². The van der Waals surface area contributed by atoms with Crippen LogP contribution in [0.4, 0.5) is 5.69 Å². The van der Waals surface area contributed by atoms with Gasteiger partial charge in [0.15, 0.2) is 0 Å². The molecule has 0 radical (unpaired) electrons. The molecule has 1 saturated carbocycles. The number of carboxylic acid groups (broad SMARTS) is 1. The Hall–Kier alpha value is -2.58. The van der Waals surface area contributed by atoms with Crippen molar-refractivity contribution in [3.05, 3.63) is 68.7 Å². The van der Waals surface area contributed by atoms with Gasteiger partial charge in [-0.3, -0.25) is 0 Å². The fourth-order valence-electron chi connectivity index (χ4n) is 4.86. The molecule has 186 valence electrons. The van der Waals surface area contributed by atoms with Crippen LogP contribution < -0.4 is 4.90 Å². The lowest BCUT2D eigenvalue weighted by molar-refractivity contribution is 0.0246. The number of rotatable bonds is 7. The molecule has 1 aliphatic heterocycles. The Morgan fingerprint density at radius 3 is 2.56 bits per heavy atom. The number of piperidine rings is 1. The van der Waals surface area contributed by atoms with E-state index in [1.807, 2.05) is 24.3 Å². The normalized spacial score (nSPS) is 16.7. The summed E-state index contributed by atoms with van der Waals surface area (Å²) in [6.07, 6.45) is 4.11. The van der Waals surface area contributed by atoms with Crippen molar-refractivity contribution in [2.45, 2.75) is 44.3 Å². The number of nitrogens with zero attached hydrogens (tertiary/aromatic N) is 2. The highest BCUT2D eigenvalue weighted by Gasteiger charge is 2.34. The van der Waals surface area contributed by atoms with Gasteiger partial charge in [-0.05, 0) is 67.5 Å². The second kappa shape index (κ2) is 9.71. The third-order valence-electron chi connectivity index (χ3n) is 6.95. The molecule has 0 amide bonds. The number of aromatic nitrogens is 1. The van der Waals surface area contributed by atoms with E-state index in [0.717, 1.165) is 65.9 Å². The summed E-state index contributed by atoms with van der Waals surface area (Å²) < 4.78 is 13.1. The van der Waals surface area contributed by atoms with Crippen LogP contribution in [-0.4, -0.2) is 35.4 Å². The van der Waals surface area contributed by atoms with Gasteiger partial charge in [-0.1, -0.05) is 34.4 Å². The largest absolute Gasteiger partial charge is 0.477 e. The van der Waals surface area contributed by atoms with Crippen molar-refractivity contribution in [3.63, 3.8) is 0 Å². The second-order valence-electron chi connectivity index (χ2n) is 9.38. The third kappa shape index (κ3) is 4.61. The van der Waals surface area contributed by atoms with Crippen molar-refractivity contribution >= 4 is 56.3 Å². The summed E-state index contributed by atoms with van der Waals surface area (Å²) in [6, 6.07) is 13.4. The molecule has 2 fully saturated rings. The zero-order chi connectivity index (χ0) is 24.8. The fourth-order valence-corrected chi connectivity index (χ4v) is 6.32. The lowest BCUT2D eigenvalue weighted by atomic mass is 10.0. The maximum absolute atomic E-state index is 11.3. The van der Waals surface area contributed by atoms with Gasteiger partial charge in [-0.25, -0.2) is 4.79 Å². The Kier molecular flexibility index (Phi) is 6.42. The number of carbonyl (C=O) groups is 1. The standard InChI is InChI=1S/C27H24Cl2N2O4S/c28-20-2-1-3-21(29)24(20)25-19(26(35-30-25)15-4-5-15)14-34-18-8-10-31(11-9-18)17-6-7-22-16(12-17)13-23(36-22)27(32)33/h1-3,6-7,12-13,15,18H,4-5,8-11,14H2,(H,32,33). The van der Waals surface area contributed by atoms with Crippen molar-refractivity contribution < 1.29 is 19.2 Å². The van der Waals surface area contributed by atoms with E-state index < -0.39 is 5.97 Å². The maximum Gasteiger partial charge on any atom is 0.345 e. The summed E-state index contributed by atoms with van der Waals surface area (Å²) in [6.45, 7) is 2.15. The first kappa shape index (κ1) is 23.8. The van der Waals surface area contributed by atoms with Gasteiger partial charge < -0.3 is 19.3 Å². The molecule has 2 aromatic heterocycles. The predicted molar refractivity (Wildman–Crippen MR) is 143 cm³/mol. The van der Waals surface area contributed by atoms with Gasteiger partial charge in [-0.15, -0.1) is 11.3 Å². The van der Waals surface area contributed by atoms with Crippen molar-refractivity contribution in [1.29, 1.82) is 0 Å². The molecule has 9 heteroatoms. The molecule has 0 unspecified atom stereocenters. The Morgan fingerprint density at radius 1 is 1.11 bits per heavy atom. The van der Waals surface area contributed by atoms with Crippen LogP contribution in [0, 0.1) is 0 Å². The molecule has 1 aliphatic carbocycles. The molecule has 4 aromatic rings. The number of halogens is 2. The van der Waals surface area contributed by atoms with Gasteiger partial charge in [-0.2, -0.15) is 0 Å². The Labute approximate surface area is 222 Å². The number of anilines is 1. The number of benzene rings is 2. The first-order valence-electron chi connectivity index (χ1n) is 12.0. The molecule has 0 atom stereocenters. The van der Waals surface area contributed by atoms with Crippen molar-refractivity contribution in [2.24, 2.45) is 0 Å². The third-order valence-corrected chi connectivity index (χ3v) is 8.68. The first-order valence-corrected chi connectivity index (χ1v) is 13.6. The zero-order valence-electron chi connectivity index (χ0n) is 19.4. The van der Waals surface area contributed by atoms with Crippen molar-refractivity contribution in [2.75, 3.05) is 18.0 Å². The molecule has 2 aromatic carbocycles. The summed E-state index contributed by atoms with van der Waals surface area (Å²) in [4.78, 5) is 14.0. The second-order valence-corrected chi connectivity index (χ2v) is 11.3. The average molecular weight is 543 g/mol. The summed E-state index contributed by atoms with van der Waals surface area (Å²) in [5.41, 5.74) is 3.43. The lowest BCUT2D eigenvalue weighted by Crippen LogP contribution is -2.37. The molecular formula is C27H24Cl2N2O4S. The summed E-state index contributed by atoms with van der Waals surface area (Å²) >= 11 is 14.3. The van der Waals surface area contributed by atoms with E-state index in [-0.39, 0.29) is 6.10 Å². The number of hydrogen-bond donors (Lipinski definition) is 1. The van der Waals surface area contributed by atoms with Gasteiger partial charge in [0, 0.05) is 40.5 Å². The van der Waals surface area contributed by atoms with Gasteiger partial charge in [0.25, 0.3) is 0 Å². The molecule has 2 aliphatic rings. The number of ether oxygens (including phenoxy) is 1. The number of hydrogen-bond acceptors (Lipinski definition) is 6. The van der Waals surface area contributed by atoms with Crippen LogP contribution in [0.15, 0.2) is 47.0 Å². The lowest BCUT2D eigenvalue weighted by Gasteiger charge is -2.33. The smallest absolute Gasteiger partial charge is 0.345 e. The zero-order valence-corrected chi connectivity index (χ0v) is 21.7. The van der Waals surface area contributed by atoms with Crippen LogP contribution in [0.1, 0.15) is 52.6 Å². The molecule has 36 heavy (non-hydrogen) atoms. The molecule has 3 heterocycles. The number of aromatic carboxylic acids is 1. The summed E-state index contributed by atoms with van der Waals surface area (Å²) in [5.74, 6) is 0.401. The van der Waals surface area contributed by atoms with Crippen LogP contribution in [0.3, 0.4) is 0 Å². The van der Waals surface area contributed by atoms with E-state index >= 15 is 0 Å².